The van der Waals surface area contributed by atoms with Crippen LogP contribution in [-0.2, 0) is 16.1 Å². The summed E-state index contributed by atoms with van der Waals surface area (Å²) in [5.74, 6) is 0.626. The molecule has 0 saturated carbocycles. The predicted molar refractivity (Wildman–Crippen MR) is 107 cm³/mol. The first-order chi connectivity index (χ1) is 13.2. The van der Waals surface area contributed by atoms with E-state index in [0.717, 1.165) is 57.4 Å². The van der Waals surface area contributed by atoms with Gasteiger partial charge >= 0.3 is 6.09 Å². The highest BCUT2D eigenvalue weighted by molar-refractivity contribution is 5.67. The Balaban J connectivity index is 1.80. The number of carbonyl (C=O) groups is 1. The van der Waals surface area contributed by atoms with Crippen LogP contribution in [0.4, 0.5) is 4.79 Å². The van der Waals surface area contributed by atoms with Crippen molar-refractivity contribution >= 4 is 6.09 Å². The Morgan fingerprint density at radius 3 is 2.70 bits per heavy atom. The molecular weight excluding hydrogens is 342 g/mol. The number of carbonyl (C=O) groups excluding carboxylic acids is 1. The molecular formula is C21H35N3O3. The maximum atomic E-state index is 12.1. The molecule has 1 saturated heterocycles. The molecule has 3 N–H and O–H groups in total. The van der Waals surface area contributed by atoms with Crippen molar-refractivity contribution in [2.24, 2.45) is 11.7 Å². The van der Waals surface area contributed by atoms with Gasteiger partial charge in [0.1, 0.15) is 0 Å². The zero-order chi connectivity index (χ0) is 19.3. The lowest BCUT2D eigenvalue weighted by molar-refractivity contribution is 0.0715. The Morgan fingerprint density at radius 1 is 1.30 bits per heavy atom. The van der Waals surface area contributed by atoms with E-state index in [2.05, 4.69) is 17.1 Å². The van der Waals surface area contributed by atoms with Crippen molar-refractivity contribution in [3.63, 3.8) is 0 Å². The molecule has 6 nitrogen and oxygen atoms in total. The SMILES string of the molecule is CCCCOC(=O)N[C@H](COCc1ccccc1)CN1CCC(CN)CC1. The van der Waals surface area contributed by atoms with Gasteiger partial charge in [0, 0.05) is 6.54 Å². The zero-order valence-electron chi connectivity index (χ0n) is 16.6. The van der Waals surface area contributed by atoms with Crippen molar-refractivity contribution in [1.82, 2.24) is 10.2 Å². The number of likely N-dealkylation sites (tertiary alicyclic amines) is 1. The summed E-state index contributed by atoms with van der Waals surface area (Å²) in [5.41, 5.74) is 6.91. The summed E-state index contributed by atoms with van der Waals surface area (Å²) >= 11 is 0. The monoisotopic (exact) mass is 377 g/mol. The Hall–Kier alpha value is -1.63. The van der Waals surface area contributed by atoms with Crippen LogP contribution in [0.2, 0.25) is 0 Å². The molecule has 0 spiro atoms. The standard InChI is InChI=1S/C21H35N3O3/c1-2-3-13-27-21(25)23-20(15-24-11-9-18(14-22)10-12-24)17-26-16-19-7-5-4-6-8-19/h4-8,18,20H,2-3,9-17,22H2,1H3,(H,23,25)/t20-/m0/s1. The van der Waals surface area contributed by atoms with Crippen LogP contribution in [0.3, 0.4) is 0 Å². The summed E-state index contributed by atoms with van der Waals surface area (Å²) in [6, 6.07) is 9.99. The number of rotatable bonds is 11. The third-order valence-corrected chi connectivity index (χ3v) is 5.00. The fraction of sp³-hybridized carbons (Fsp3) is 0.667. The van der Waals surface area contributed by atoms with E-state index in [1.165, 1.54) is 0 Å². The molecule has 1 fully saturated rings. The van der Waals surface area contributed by atoms with Gasteiger partial charge in [-0.05, 0) is 50.4 Å². The number of nitrogens with two attached hydrogens (primary N) is 1. The van der Waals surface area contributed by atoms with Crippen LogP contribution in [-0.4, -0.2) is 56.4 Å². The highest BCUT2D eigenvalue weighted by atomic mass is 16.5. The third kappa shape index (κ3) is 8.73. The van der Waals surface area contributed by atoms with Gasteiger partial charge in [-0.1, -0.05) is 43.7 Å². The maximum absolute atomic E-state index is 12.1. The predicted octanol–water partition coefficient (Wildman–Crippen LogP) is 2.77. The molecule has 27 heavy (non-hydrogen) atoms. The Labute approximate surface area is 163 Å². The summed E-state index contributed by atoms with van der Waals surface area (Å²) in [5, 5.41) is 2.98. The van der Waals surface area contributed by atoms with Crippen LogP contribution in [0, 0.1) is 5.92 Å². The van der Waals surface area contributed by atoms with E-state index in [0.29, 0.717) is 25.7 Å². The number of nitrogens with zero attached hydrogens (tertiary/aromatic N) is 1. The van der Waals surface area contributed by atoms with Crippen molar-refractivity contribution < 1.29 is 14.3 Å². The highest BCUT2D eigenvalue weighted by Gasteiger charge is 2.22. The van der Waals surface area contributed by atoms with Gasteiger partial charge in [-0.3, -0.25) is 0 Å². The number of alkyl carbamates (subject to hydrolysis) is 1. The minimum Gasteiger partial charge on any atom is -0.450 e. The van der Waals surface area contributed by atoms with Gasteiger partial charge in [0.05, 0.1) is 25.9 Å². The summed E-state index contributed by atoms with van der Waals surface area (Å²) < 4.78 is 11.1. The molecule has 0 aromatic heterocycles. The Morgan fingerprint density at radius 2 is 2.04 bits per heavy atom. The first kappa shape index (κ1) is 21.7. The molecule has 1 atom stereocenters. The molecule has 1 aliphatic heterocycles. The highest BCUT2D eigenvalue weighted by Crippen LogP contribution is 2.16. The van der Waals surface area contributed by atoms with Crippen molar-refractivity contribution in [2.45, 2.75) is 45.3 Å². The molecule has 0 radical (unpaired) electrons. The third-order valence-electron chi connectivity index (χ3n) is 5.00. The maximum Gasteiger partial charge on any atom is 0.407 e. The van der Waals surface area contributed by atoms with Crippen LogP contribution < -0.4 is 11.1 Å². The van der Waals surface area contributed by atoms with Crippen LogP contribution in [0.5, 0.6) is 0 Å². The second kappa shape index (κ2) is 12.7. The minimum atomic E-state index is -0.353. The van der Waals surface area contributed by atoms with Crippen molar-refractivity contribution in [3.8, 4) is 0 Å². The van der Waals surface area contributed by atoms with E-state index in [1.54, 1.807) is 0 Å². The largest absolute Gasteiger partial charge is 0.450 e. The summed E-state index contributed by atoms with van der Waals surface area (Å²) in [7, 11) is 0. The minimum absolute atomic E-state index is 0.0859. The molecule has 1 aromatic carbocycles. The van der Waals surface area contributed by atoms with E-state index < -0.39 is 0 Å². The first-order valence-corrected chi connectivity index (χ1v) is 10.2. The van der Waals surface area contributed by atoms with Crippen molar-refractivity contribution in [1.29, 1.82) is 0 Å². The number of amides is 1. The topological polar surface area (TPSA) is 76.8 Å². The average molecular weight is 378 g/mol. The van der Waals surface area contributed by atoms with E-state index in [4.69, 9.17) is 15.2 Å². The molecule has 1 heterocycles. The molecule has 0 aliphatic carbocycles. The van der Waals surface area contributed by atoms with Crippen LogP contribution in [0.15, 0.2) is 30.3 Å². The molecule has 1 aromatic rings. The molecule has 6 heteroatoms. The van der Waals surface area contributed by atoms with Crippen molar-refractivity contribution in [2.75, 3.05) is 39.4 Å². The Bertz CT molecular complexity index is 519. The summed E-state index contributed by atoms with van der Waals surface area (Å²) in [6.07, 6.45) is 3.78. The van der Waals surface area contributed by atoms with Crippen LogP contribution in [0.25, 0.3) is 0 Å². The smallest absolute Gasteiger partial charge is 0.407 e. The van der Waals surface area contributed by atoms with Crippen LogP contribution >= 0.6 is 0 Å². The summed E-state index contributed by atoms with van der Waals surface area (Å²) in [6.45, 7) is 7.11. The van der Waals surface area contributed by atoms with Gasteiger partial charge in [-0.15, -0.1) is 0 Å². The molecule has 2 rings (SSSR count). The van der Waals surface area contributed by atoms with Crippen molar-refractivity contribution in [3.05, 3.63) is 35.9 Å². The van der Waals surface area contributed by atoms with Gasteiger partial charge in [0.25, 0.3) is 0 Å². The first-order valence-electron chi connectivity index (χ1n) is 10.2. The number of hydrogen-bond acceptors (Lipinski definition) is 5. The van der Waals surface area contributed by atoms with Gasteiger partial charge in [-0.2, -0.15) is 0 Å². The normalized spacial score (nSPS) is 16.8. The zero-order valence-corrected chi connectivity index (χ0v) is 16.6. The number of nitrogens with one attached hydrogen (secondary N) is 1. The van der Waals surface area contributed by atoms with E-state index >= 15 is 0 Å². The number of piperidine rings is 1. The lowest BCUT2D eigenvalue weighted by atomic mass is 9.97. The number of benzene rings is 1. The molecule has 0 unspecified atom stereocenters. The molecule has 1 aliphatic rings. The fourth-order valence-corrected chi connectivity index (χ4v) is 3.27. The van der Waals surface area contributed by atoms with E-state index in [-0.39, 0.29) is 12.1 Å². The average Bonchev–Trinajstić information content (AvgIpc) is 2.69. The van der Waals surface area contributed by atoms with E-state index in [9.17, 15) is 4.79 Å². The van der Waals surface area contributed by atoms with Crippen LogP contribution in [0.1, 0.15) is 38.2 Å². The second-order valence-corrected chi connectivity index (χ2v) is 7.31. The Kier molecular flexibility index (Phi) is 10.2. The molecule has 152 valence electrons. The van der Waals surface area contributed by atoms with E-state index in [1.807, 2.05) is 30.3 Å². The number of unbranched alkanes of at least 4 members (excludes halogenated alkanes) is 1. The van der Waals surface area contributed by atoms with Gasteiger partial charge in [-0.25, -0.2) is 4.79 Å². The van der Waals surface area contributed by atoms with Gasteiger partial charge < -0.3 is 25.4 Å². The number of hydrogen-bond donors (Lipinski definition) is 2. The quantitative estimate of drug-likeness (QED) is 0.580. The molecule has 0 bridgehead atoms. The lowest BCUT2D eigenvalue weighted by Crippen LogP contribution is -2.49. The van der Waals surface area contributed by atoms with Gasteiger partial charge in [0.15, 0.2) is 0 Å². The number of ether oxygens (including phenoxy) is 2. The summed E-state index contributed by atoms with van der Waals surface area (Å²) in [4.78, 5) is 14.5. The fourth-order valence-electron chi connectivity index (χ4n) is 3.27. The second-order valence-electron chi connectivity index (χ2n) is 7.31. The lowest BCUT2D eigenvalue weighted by Gasteiger charge is -2.33. The van der Waals surface area contributed by atoms with Gasteiger partial charge in [0.2, 0.25) is 0 Å². The molecule has 1 amide bonds.